The molecule has 0 heterocycles. The SMILES string of the molecule is C.[CH2-]C(C)N.[CH3-].[V+2]. The molecule has 0 saturated carbocycles. The van der Waals surface area contributed by atoms with Crippen LogP contribution in [0.5, 0.6) is 0 Å². The molecule has 1 atom stereocenters. The summed E-state index contributed by atoms with van der Waals surface area (Å²) in [7, 11) is 0. The summed E-state index contributed by atoms with van der Waals surface area (Å²) in [5.41, 5.74) is 5.00. The topological polar surface area (TPSA) is 26.0 Å². The molecule has 0 spiro atoms. The minimum atomic E-state index is 0. The Kier molecular flexibility index (Phi) is 58.8. The molecule has 0 amide bonds. The molecule has 1 unspecified atom stereocenters. The Morgan fingerprint density at radius 1 is 1.57 bits per heavy atom. The Morgan fingerprint density at radius 2 is 1.57 bits per heavy atom. The number of hydrogen-bond donors (Lipinski definition) is 1. The van der Waals surface area contributed by atoms with E-state index in [0.29, 0.717) is 0 Å². The van der Waals surface area contributed by atoms with Crippen molar-refractivity contribution in [2.75, 3.05) is 0 Å². The molecule has 0 bridgehead atoms. The molecule has 45 valence electrons. The zero-order valence-corrected chi connectivity index (χ0v) is 5.71. The van der Waals surface area contributed by atoms with Gasteiger partial charge in [0.15, 0.2) is 0 Å². The van der Waals surface area contributed by atoms with Gasteiger partial charge in [-0.2, -0.15) is 0 Å². The van der Waals surface area contributed by atoms with E-state index in [9.17, 15) is 0 Å². The number of hydrogen-bond acceptors (Lipinski definition) is 1. The van der Waals surface area contributed by atoms with E-state index in [2.05, 4.69) is 6.92 Å². The van der Waals surface area contributed by atoms with Crippen molar-refractivity contribution >= 4 is 0 Å². The Balaban J connectivity index is -0.0000000150. The number of nitrogens with two attached hydrogens (primary N) is 1. The summed E-state index contributed by atoms with van der Waals surface area (Å²) < 4.78 is 0. The minimum Gasteiger partial charge on any atom is -0.358 e. The van der Waals surface area contributed by atoms with Crippen molar-refractivity contribution in [3.05, 3.63) is 14.4 Å². The Bertz CT molecular complexity index is 12.8. The molecule has 0 aliphatic heterocycles. The van der Waals surface area contributed by atoms with Gasteiger partial charge >= 0.3 is 18.6 Å². The predicted molar refractivity (Wildman–Crippen MR) is 32.2 cm³/mol. The summed E-state index contributed by atoms with van der Waals surface area (Å²) in [6.07, 6.45) is 0. The number of rotatable bonds is 0. The van der Waals surface area contributed by atoms with Crippen LogP contribution in [0.15, 0.2) is 0 Å². The summed E-state index contributed by atoms with van der Waals surface area (Å²) >= 11 is 0. The van der Waals surface area contributed by atoms with Crippen molar-refractivity contribution in [3.63, 3.8) is 0 Å². The quantitative estimate of drug-likeness (QED) is 0.503. The van der Waals surface area contributed by atoms with E-state index in [-0.39, 0.29) is 39.5 Å². The van der Waals surface area contributed by atoms with E-state index in [1.54, 1.807) is 0 Å². The van der Waals surface area contributed by atoms with Crippen LogP contribution in [0, 0.1) is 14.4 Å². The fraction of sp³-hybridized carbons (Fsp3) is 0.600. The molecule has 0 aromatic carbocycles. The van der Waals surface area contributed by atoms with Gasteiger partial charge in [-0.15, -0.1) is 6.04 Å². The van der Waals surface area contributed by atoms with Gasteiger partial charge in [0.2, 0.25) is 0 Å². The Labute approximate surface area is 59.6 Å². The van der Waals surface area contributed by atoms with Crippen molar-refractivity contribution < 1.29 is 18.6 Å². The zero-order chi connectivity index (χ0) is 3.58. The Hall–Kier alpha value is 0.544. The summed E-state index contributed by atoms with van der Waals surface area (Å²) in [5.74, 6) is 0. The molecule has 1 radical (unpaired) electrons. The van der Waals surface area contributed by atoms with Crippen LogP contribution in [0.25, 0.3) is 0 Å². The normalized spacial score (nSPS) is 9.00. The fourth-order valence-corrected chi connectivity index (χ4v) is 0. The third-order valence-corrected chi connectivity index (χ3v) is 0. The second kappa shape index (κ2) is 16.0. The maximum atomic E-state index is 5.00. The van der Waals surface area contributed by atoms with Crippen LogP contribution < -0.4 is 5.73 Å². The van der Waals surface area contributed by atoms with Gasteiger partial charge < -0.3 is 20.1 Å². The van der Waals surface area contributed by atoms with E-state index in [1.807, 2.05) is 6.92 Å². The average Bonchev–Trinajstić information content (AvgIpc) is 0.811. The summed E-state index contributed by atoms with van der Waals surface area (Å²) in [5, 5.41) is 0. The maximum Gasteiger partial charge on any atom is 2.00 e. The van der Waals surface area contributed by atoms with Crippen molar-refractivity contribution in [3.8, 4) is 0 Å². The third-order valence-electron chi connectivity index (χ3n) is 0. The van der Waals surface area contributed by atoms with Crippen molar-refractivity contribution in [1.82, 2.24) is 0 Å². The molecule has 7 heavy (non-hydrogen) atoms. The van der Waals surface area contributed by atoms with Crippen LogP contribution in [0.3, 0.4) is 0 Å². The predicted octanol–water partition coefficient (Wildman–Crippen LogP) is 1.25. The molecule has 0 saturated heterocycles. The van der Waals surface area contributed by atoms with E-state index in [0.717, 1.165) is 0 Å². The van der Waals surface area contributed by atoms with Crippen LogP contribution in [0.1, 0.15) is 14.4 Å². The minimum absolute atomic E-state index is 0. The van der Waals surface area contributed by atoms with Gasteiger partial charge in [-0.1, -0.05) is 14.4 Å². The molecule has 0 rings (SSSR count). The monoisotopic (exact) mass is 140 g/mol. The first-order chi connectivity index (χ1) is 1.73. The first-order valence-corrected chi connectivity index (χ1v) is 1.32. The second-order valence-electron chi connectivity index (χ2n) is 0.977. The molecular formula is C5H15NV. The van der Waals surface area contributed by atoms with E-state index < -0.39 is 0 Å². The molecular weight excluding hydrogens is 125 g/mol. The van der Waals surface area contributed by atoms with E-state index in [4.69, 9.17) is 5.73 Å². The Morgan fingerprint density at radius 3 is 1.57 bits per heavy atom. The molecule has 2 heteroatoms. The summed E-state index contributed by atoms with van der Waals surface area (Å²) in [6, 6.07) is 0.0833. The molecule has 0 aliphatic rings. The summed E-state index contributed by atoms with van der Waals surface area (Å²) in [6.45, 7) is 5.25. The second-order valence-corrected chi connectivity index (χ2v) is 0.977. The van der Waals surface area contributed by atoms with Gasteiger partial charge in [0, 0.05) is 0 Å². The molecule has 2 N–H and O–H groups in total. The van der Waals surface area contributed by atoms with Crippen LogP contribution in [-0.2, 0) is 18.6 Å². The molecule has 1 nitrogen and oxygen atoms in total. The average molecular weight is 140 g/mol. The smallest absolute Gasteiger partial charge is 0.358 e. The van der Waals surface area contributed by atoms with Gasteiger partial charge in [-0.3, -0.25) is 0 Å². The van der Waals surface area contributed by atoms with E-state index >= 15 is 0 Å². The standard InChI is InChI=1S/C3H8N.CH4.CH3.V/c1-3(2)4;;;/h3H,1,4H2,2H3;1H4;1H3;/q-1;;-1;+2. The summed E-state index contributed by atoms with van der Waals surface area (Å²) in [4.78, 5) is 0. The van der Waals surface area contributed by atoms with E-state index in [1.165, 1.54) is 0 Å². The third kappa shape index (κ3) is 456. The van der Waals surface area contributed by atoms with Gasteiger partial charge in [0.1, 0.15) is 0 Å². The van der Waals surface area contributed by atoms with Crippen molar-refractivity contribution in [1.29, 1.82) is 0 Å². The van der Waals surface area contributed by atoms with Gasteiger partial charge in [0.25, 0.3) is 0 Å². The first-order valence-electron chi connectivity index (χ1n) is 1.32. The van der Waals surface area contributed by atoms with Crippen LogP contribution >= 0.6 is 0 Å². The largest absolute Gasteiger partial charge is 2.00 e. The molecule has 0 aliphatic carbocycles. The van der Waals surface area contributed by atoms with Crippen molar-refractivity contribution in [2.45, 2.75) is 20.4 Å². The van der Waals surface area contributed by atoms with Gasteiger partial charge in [-0.25, -0.2) is 0 Å². The maximum absolute atomic E-state index is 5.00. The van der Waals surface area contributed by atoms with Crippen LogP contribution in [-0.4, -0.2) is 6.04 Å². The van der Waals surface area contributed by atoms with Crippen LogP contribution in [0.2, 0.25) is 0 Å². The van der Waals surface area contributed by atoms with Gasteiger partial charge in [0.05, 0.1) is 0 Å². The molecule has 0 aromatic rings. The van der Waals surface area contributed by atoms with Crippen LogP contribution in [0.4, 0.5) is 0 Å². The zero-order valence-electron chi connectivity index (χ0n) is 4.31. The fourth-order valence-electron chi connectivity index (χ4n) is 0. The van der Waals surface area contributed by atoms with Crippen molar-refractivity contribution in [2.24, 2.45) is 5.73 Å². The molecule has 0 aromatic heterocycles. The first kappa shape index (κ1) is 25.7. The van der Waals surface area contributed by atoms with Gasteiger partial charge in [-0.05, 0) is 0 Å². The molecule has 0 fully saturated rings.